The van der Waals surface area contributed by atoms with Gasteiger partial charge >= 0.3 is 0 Å². The molecule has 0 aliphatic carbocycles. The van der Waals surface area contributed by atoms with E-state index in [0.29, 0.717) is 13.0 Å². The Morgan fingerprint density at radius 1 is 1.50 bits per heavy atom. The van der Waals surface area contributed by atoms with Crippen LogP contribution in [-0.2, 0) is 13.0 Å². The Balaban J connectivity index is 2.30. The molecular formula is C10H9FN2O. The van der Waals surface area contributed by atoms with E-state index in [-0.39, 0.29) is 11.9 Å². The third-order valence-electron chi connectivity index (χ3n) is 2.60. The second-order valence-corrected chi connectivity index (χ2v) is 3.63. The summed E-state index contributed by atoms with van der Waals surface area (Å²) in [6, 6.07) is 4.54. The van der Waals surface area contributed by atoms with Gasteiger partial charge in [-0.2, -0.15) is 0 Å². The zero-order valence-electron chi connectivity index (χ0n) is 7.44. The lowest BCUT2D eigenvalue weighted by Gasteiger charge is -2.00. The summed E-state index contributed by atoms with van der Waals surface area (Å²) < 4.78 is 14.9. The third kappa shape index (κ3) is 0.974. The highest BCUT2D eigenvalue weighted by Gasteiger charge is 2.22. The molecule has 0 radical (unpaired) electrons. The molecule has 1 atom stereocenters. The van der Waals surface area contributed by atoms with E-state index in [1.807, 2.05) is 4.57 Å². The summed E-state index contributed by atoms with van der Waals surface area (Å²) in [6.45, 7) is 0.523. The lowest BCUT2D eigenvalue weighted by atomic mass is 10.3. The zero-order valence-corrected chi connectivity index (χ0v) is 7.44. The molecule has 2 heterocycles. The molecule has 1 unspecified atom stereocenters. The highest BCUT2D eigenvalue weighted by molar-refractivity contribution is 5.76. The molecule has 1 aromatic carbocycles. The van der Waals surface area contributed by atoms with Crippen molar-refractivity contribution >= 4 is 11.0 Å². The molecule has 14 heavy (non-hydrogen) atoms. The zero-order chi connectivity index (χ0) is 9.71. The fourth-order valence-corrected chi connectivity index (χ4v) is 1.99. The number of imidazole rings is 1. The second-order valence-electron chi connectivity index (χ2n) is 3.63. The number of halogens is 1. The van der Waals surface area contributed by atoms with Crippen molar-refractivity contribution in [3.8, 4) is 0 Å². The van der Waals surface area contributed by atoms with Gasteiger partial charge in [0.1, 0.15) is 11.6 Å². The predicted octanol–water partition coefficient (Wildman–Crippen LogP) is 1.09. The minimum absolute atomic E-state index is 0.262. The molecule has 1 aliphatic rings. The lowest BCUT2D eigenvalue weighted by Crippen LogP contribution is -2.07. The maximum Gasteiger partial charge on any atom is 0.125 e. The number of aliphatic hydroxyl groups is 1. The minimum atomic E-state index is -0.370. The first-order valence-corrected chi connectivity index (χ1v) is 4.57. The number of rotatable bonds is 0. The van der Waals surface area contributed by atoms with Gasteiger partial charge in [-0.3, -0.25) is 0 Å². The second kappa shape index (κ2) is 2.54. The van der Waals surface area contributed by atoms with Crippen LogP contribution < -0.4 is 0 Å². The van der Waals surface area contributed by atoms with E-state index in [0.717, 1.165) is 16.9 Å². The van der Waals surface area contributed by atoms with Crippen molar-refractivity contribution in [1.29, 1.82) is 0 Å². The van der Waals surface area contributed by atoms with E-state index in [1.165, 1.54) is 12.1 Å². The van der Waals surface area contributed by atoms with Crippen molar-refractivity contribution in [2.45, 2.75) is 19.1 Å². The molecule has 0 saturated heterocycles. The van der Waals surface area contributed by atoms with Crippen LogP contribution in [0.3, 0.4) is 0 Å². The summed E-state index contributed by atoms with van der Waals surface area (Å²) in [7, 11) is 0. The first-order chi connectivity index (χ1) is 6.74. The van der Waals surface area contributed by atoms with Crippen molar-refractivity contribution in [2.24, 2.45) is 0 Å². The summed E-state index contributed by atoms with van der Waals surface area (Å²) in [6.07, 6.45) is 0.196. The van der Waals surface area contributed by atoms with E-state index < -0.39 is 0 Å². The number of fused-ring (bicyclic) bond motifs is 3. The molecule has 72 valence electrons. The number of aliphatic hydroxyl groups excluding tert-OH is 1. The van der Waals surface area contributed by atoms with Gasteiger partial charge in [0.15, 0.2) is 0 Å². The largest absolute Gasteiger partial charge is 0.391 e. The Morgan fingerprint density at radius 3 is 3.21 bits per heavy atom. The number of hydrogen-bond donors (Lipinski definition) is 1. The normalized spacial score (nSPS) is 20.3. The van der Waals surface area contributed by atoms with E-state index in [1.54, 1.807) is 6.07 Å². The van der Waals surface area contributed by atoms with Crippen LogP contribution in [0.4, 0.5) is 4.39 Å². The van der Waals surface area contributed by atoms with Gasteiger partial charge in [0, 0.05) is 6.42 Å². The van der Waals surface area contributed by atoms with E-state index in [4.69, 9.17) is 0 Å². The molecule has 1 aliphatic heterocycles. The summed E-state index contributed by atoms with van der Waals surface area (Å²) >= 11 is 0. The van der Waals surface area contributed by atoms with E-state index >= 15 is 0 Å². The fourth-order valence-electron chi connectivity index (χ4n) is 1.99. The number of hydrogen-bond acceptors (Lipinski definition) is 2. The third-order valence-corrected chi connectivity index (χ3v) is 2.60. The Kier molecular flexibility index (Phi) is 1.44. The molecule has 0 spiro atoms. The van der Waals surface area contributed by atoms with Crippen LogP contribution in [0.1, 0.15) is 5.82 Å². The maximum atomic E-state index is 13.0. The summed E-state index contributed by atoms with van der Waals surface area (Å²) in [5.41, 5.74) is 1.57. The fraction of sp³-hybridized carbons (Fsp3) is 0.300. The first-order valence-electron chi connectivity index (χ1n) is 4.57. The van der Waals surface area contributed by atoms with Gasteiger partial charge in [0.25, 0.3) is 0 Å². The molecule has 0 amide bonds. The molecule has 0 bridgehead atoms. The summed E-state index contributed by atoms with van der Waals surface area (Å²) in [5.74, 6) is 0.583. The molecule has 0 fully saturated rings. The van der Waals surface area contributed by atoms with Crippen LogP contribution in [0, 0.1) is 5.82 Å². The molecular weight excluding hydrogens is 183 g/mol. The van der Waals surface area contributed by atoms with E-state index in [9.17, 15) is 9.50 Å². The number of nitrogens with zero attached hydrogens (tertiary/aromatic N) is 2. The lowest BCUT2D eigenvalue weighted by molar-refractivity contribution is 0.176. The van der Waals surface area contributed by atoms with Crippen molar-refractivity contribution in [3.63, 3.8) is 0 Å². The smallest absolute Gasteiger partial charge is 0.125 e. The predicted molar refractivity (Wildman–Crippen MR) is 49.4 cm³/mol. The Bertz CT molecular complexity index is 506. The van der Waals surface area contributed by atoms with Crippen molar-refractivity contribution < 1.29 is 9.50 Å². The number of aromatic nitrogens is 2. The van der Waals surface area contributed by atoms with Gasteiger partial charge in [-0.05, 0) is 18.2 Å². The Hall–Kier alpha value is -1.42. The topological polar surface area (TPSA) is 38.1 Å². The monoisotopic (exact) mass is 192 g/mol. The molecule has 1 N–H and O–H groups in total. The quantitative estimate of drug-likeness (QED) is 0.678. The molecule has 4 heteroatoms. The highest BCUT2D eigenvalue weighted by Crippen LogP contribution is 2.23. The van der Waals surface area contributed by atoms with E-state index in [2.05, 4.69) is 4.98 Å². The molecule has 3 nitrogen and oxygen atoms in total. The van der Waals surface area contributed by atoms with Crippen LogP contribution in [0.2, 0.25) is 0 Å². The maximum absolute atomic E-state index is 13.0. The summed E-state index contributed by atoms with van der Waals surface area (Å²) in [5, 5.41) is 9.41. The van der Waals surface area contributed by atoms with Crippen LogP contribution in [0.15, 0.2) is 18.2 Å². The van der Waals surface area contributed by atoms with Crippen molar-refractivity contribution in [1.82, 2.24) is 9.55 Å². The minimum Gasteiger partial charge on any atom is -0.391 e. The van der Waals surface area contributed by atoms with Crippen LogP contribution in [0.25, 0.3) is 11.0 Å². The SMILES string of the molecule is OC1Cc2nc3ccc(F)cc3n2C1. The number of benzene rings is 1. The molecule has 2 aromatic rings. The van der Waals surface area contributed by atoms with Crippen molar-refractivity contribution in [2.75, 3.05) is 0 Å². The van der Waals surface area contributed by atoms with Crippen molar-refractivity contribution in [3.05, 3.63) is 29.8 Å². The van der Waals surface area contributed by atoms with Gasteiger partial charge < -0.3 is 9.67 Å². The Labute approximate surface area is 79.8 Å². The first kappa shape index (κ1) is 7.94. The van der Waals surface area contributed by atoms with Gasteiger partial charge in [-0.25, -0.2) is 9.37 Å². The summed E-state index contributed by atoms with van der Waals surface area (Å²) in [4.78, 5) is 4.32. The van der Waals surface area contributed by atoms with Crippen LogP contribution in [0.5, 0.6) is 0 Å². The molecule has 3 rings (SSSR count). The van der Waals surface area contributed by atoms with Crippen LogP contribution in [-0.4, -0.2) is 20.8 Å². The van der Waals surface area contributed by atoms with Crippen LogP contribution >= 0.6 is 0 Å². The van der Waals surface area contributed by atoms with Gasteiger partial charge in [0.05, 0.1) is 23.7 Å². The standard InChI is InChI=1S/C10H9FN2O/c11-6-1-2-8-9(3-6)13-5-7(14)4-10(13)12-8/h1-3,7,14H,4-5H2. The van der Waals surface area contributed by atoms with Gasteiger partial charge in [-0.15, -0.1) is 0 Å². The highest BCUT2D eigenvalue weighted by atomic mass is 19.1. The van der Waals surface area contributed by atoms with Gasteiger partial charge in [-0.1, -0.05) is 0 Å². The molecule has 0 saturated carbocycles. The average Bonchev–Trinajstić information content (AvgIpc) is 2.62. The molecule has 1 aromatic heterocycles. The average molecular weight is 192 g/mol. The van der Waals surface area contributed by atoms with Gasteiger partial charge in [0.2, 0.25) is 0 Å². The Morgan fingerprint density at radius 2 is 2.36 bits per heavy atom.